The molecule has 3 aromatic heterocycles. The van der Waals surface area contributed by atoms with E-state index >= 15 is 0 Å². The van der Waals surface area contributed by atoms with Crippen molar-refractivity contribution in [3.05, 3.63) is 47.9 Å². The number of hydrogen-bond donors (Lipinski definition) is 0. The first kappa shape index (κ1) is 22.4. The molecule has 148 valence electrons. The molecule has 7 nitrogen and oxygen atoms in total. The van der Waals surface area contributed by atoms with E-state index < -0.39 is 36.4 Å². The van der Waals surface area contributed by atoms with Gasteiger partial charge < -0.3 is 19.4 Å². The molecule has 0 saturated carbocycles. The van der Waals surface area contributed by atoms with Crippen LogP contribution in [0, 0.1) is 0 Å². The van der Waals surface area contributed by atoms with Gasteiger partial charge in [0.2, 0.25) is 0 Å². The van der Waals surface area contributed by atoms with Crippen LogP contribution in [-0.2, 0) is 0 Å². The zero-order valence-corrected chi connectivity index (χ0v) is 14.6. The van der Waals surface area contributed by atoms with E-state index in [2.05, 4.69) is 14.8 Å². The number of aromatic carboxylic acids is 1. The van der Waals surface area contributed by atoms with Crippen LogP contribution in [0.3, 0.4) is 0 Å². The van der Waals surface area contributed by atoms with E-state index in [9.17, 15) is 31.9 Å². The Morgan fingerprint density at radius 1 is 1.28 bits per heavy atom. The number of aromatic nitrogens is 3. The molecule has 0 atom stereocenters. The van der Waals surface area contributed by atoms with Crippen LogP contribution in [0.25, 0.3) is 5.52 Å². The normalized spacial score (nSPS) is 11.4. The van der Waals surface area contributed by atoms with E-state index in [1.54, 1.807) is 0 Å². The Bertz CT molecular complexity index is 1030. The molecular formula is C16H9F5LiN3O4. The van der Waals surface area contributed by atoms with E-state index in [-0.39, 0.29) is 41.8 Å². The number of nitrogens with zero attached hydrogens (tertiary/aromatic N) is 3. The van der Waals surface area contributed by atoms with Crippen molar-refractivity contribution < 1.29 is 60.2 Å². The second kappa shape index (κ2) is 8.67. The van der Waals surface area contributed by atoms with E-state index in [1.807, 2.05) is 0 Å². The van der Waals surface area contributed by atoms with Gasteiger partial charge in [-0.3, -0.25) is 0 Å². The number of alkyl halides is 5. The zero-order valence-electron chi connectivity index (χ0n) is 14.6. The van der Waals surface area contributed by atoms with Crippen molar-refractivity contribution in [2.45, 2.75) is 12.6 Å². The summed E-state index contributed by atoms with van der Waals surface area (Å²) < 4.78 is 74.4. The predicted octanol–water partition coefficient (Wildman–Crippen LogP) is -0.232. The average molecular weight is 409 g/mol. The standard InChI is InChI=1S/C16H10F5N3O4.Li/c17-13(18)11-9-6-8(3-5-24(9)23-12(11)15(25)26)28-14-10(2-1-4-22-14)27-7-16(19,20)21;/h1-6,13H,7H2,(H,25,26);/q;+1/p-1. The van der Waals surface area contributed by atoms with Gasteiger partial charge in [-0.05, 0) is 18.2 Å². The van der Waals surface area contributed by atoms with Gasteiger partial charge in [-0.2, -0.15) is 18.3 Å². The van der Waals surface area contributed by atoms with Gasteiger partial charge in [0.1, 0.15) is 11.4 Å². The average Bonchev–Trinajstić information content (AvgIpc) is 2.99. The maximum absolute atomic E-state index is 13.3. The van der Waals surface area contributed by atoms with Crippen molar-refractivity contribution in [2.75, 3.05) is 6.61 Å². The molecule has 0 unspecified atom stereocenters. The van der Waals surface area contributed by atoms with Crippen LogP contribution in [0.5, 0.6) is 17.4 Å². The first-order chi connectivity index (χ1) is 13.2. The van der Waals surface area contributed by atoms with Crippen LogP contribution >= 0.6 is 0 Å². The van der Waals surface area contributed by atoms with Gasteiger partial charge in [0.05, 0.1) is 17.0 Å². The number of fused-ring (bicyclic) bond motifs is 1. The molecule has 0 aromatic carbocycles. The van der Waals surface area contributed by atoms with Crippen LogP contribution in [0.2, 0.25) is 0 Å². The molecule has 29 heavy (non-hydrogen) atoms. The quantitative estimate of drug-likeness (QED) is 0.413. The van der Waals surface area contributed by atoms with Crippen LogP contribution < -0.4 is 33.4 Å². The largest absolute Gasteiger partial charge is 1.00 e. The molecule has 0 N–H and O–H groups in total. The van der Waals surface area contributed by atoms with E-state index in [1.165, 1.54) is 24.4 Å². The van der Waals surface area contributed by atoms with Crippen LogP contribution in [0.15, 0.2) is 36.7 Å². The molecule has 0 radical (unpaired) electrons. The minimum Gasteiger partial charge on any atom is -0.543 e. The summed E-state index contributed by atoms with van der Waals surface area (Å²) in [5.41, 5.74) is -2.08. The molecule has 3 aromatic rings. The molecule has 0 fully saturated rings. The van der Waals surface area contributed by atoms with Gasteiger partial charge in [-0.25, -0.2) is 18.3 Å². The van der Waals surface area contributed by atoms with Crippen molar-refractivity contribution in [1.29, 1.82) is 0 Å². The Hall–Kier alpha value is -2.84. The van der Waals surface area contributed by atoms with Gasteiger partial charge in [-0.1, -0.05) is 0 Å². The van der Waals surface area contributed by atoms with Gasteiger partial charge >= 0.3 is 25.0 Å². The third kappa shape index (κ3) is 5.15. The summed E-state index contributed by atoms with van der Waals surface area (Å²) in [6.45, 7) is -1.58. The number of ether oxygens (including phenoxy) is 2. The minimum absolute atomic E-state index is 0. The van der Waals surface area contributed by atoms with Crippen molar-refractivity contribution in [3.8, 4) is 17.4 Å². The molecule has 13 heteroatoms. The summed E-state index contributed by atoms with van der Waals surface area (Å²) in [6.07, 6.45) is -5.38. The summed E-state index contributed by atoms with van der Waals surface area (Å²) in [5, 5.41) is 14.5. The first-order valence-electron chi connectivity index (χ1n) is 7.50. The molecule has 0 aliphatic rings. The third-order valence-corrected chi connectivity index (χ3v) is 3.40. The topological polar surface area (TPSA) is 88.8 Å². The van der Waals surface area contributed by atoms with Crippen LogP contribution in [0.1, 0.15) is 22.5 Å². The first-order valence-corrected chi connectivity index (χ1v) is 7.50. The fraction of sp³-hybridized carbons (Fsp3) is 0.188. The van der Waals surface area contributed by atoms with E-state index in [4.69, 9.17) is 4.74 Å². The molecule has 3 rings (SSSR count). The number of halogens is 5. The number of pyridine rings is 2. The second-order valence-electron chi connectivity index (χ2n) is 5.36. The van der Waals surface area contributed by atoms with Gasteiger partial charge in [0.25, 0.3) is 12.3 Å². The summed E-state index contributed by atoms with van der Waals surface area (Å²) in [7, 11) is 0. The zero-order chi connectivity index (χ0) is 20.5. The molecule has 0 bridgehead atoms. The molecule has 0 saturated heterocycles. The number of carbonyl (C=O) groups excluding carboxylic acids is 1. The van der Waals surface area contributed by atoms with Crippen LogP contribution in [0.4, 0.5) is 22.0 Å². The van der Waals surface area contributed by atoms with Crippen molar-refractivity contribution >= 4 is 11.5 Å². The monoisotopic (exact) mass is 409 g/mol. The minimum atomic E-state index is -4.59. The van der Waals surface area contributed by atoms with Crippen molar-refractivity contribution in [1.82, 2.24) is 14.6 Å². The number of carboxylic acid groups (broad SMARTS) is 1. The number of carboxylic acids is 1. The summed E-state index contributed by atoms with van der Waals surface area (Å²) in [6, 6.07) is 4.78. The fourth-order valence-corrected chi connectivity index (χ4v) is 2.31. The van der Waals surface area contributed by atoms with Gasteiger partial charge in [0.15, 0.2) is 12.4 Å². The molecule has 0 aliphatic carbocycles. The Labute approximate surface area is 171 Å². The summed E-state index contributed by atoms with van der Waals surface area (Å²) in [5.74, 6) is -2.64. The summed E-state index contributed by atoms with van der Waals surface area (Å²) >= 11 is 0. The molecule has 0 amide bonds. The SMILES string of the molecule is O=C([O-])c1nn2ccc(Oc3ncccc3OCC(F)(F)F)cc2c1C(F)F.[Li+]. The molecular weight excluding hydrogens is 400 g/mol. The van der Waals surface area contributed by atoms with Gasteiger partial charge in [0, 0.05) is 18.5 Å². The Kier molecular flexibility index (Phi) is 6.71. The Morgan fingerprint density at radius 3 is 2.62 bits per heavy atom. The van der Waals surface area contributed by atoms with Crippen molar-refractivity contribution in [3.63, 3.8) is 0 Å². The maximum Gasteiger partial charge on any atom is 1.00 e. The number of carbonyl (C=O) groups is 1. The molecule has 3 heterocycles. The Morgan fingerprint density at radius 2 is 2.00 bits per heavy atom. The summed E-state index contributed by atoms with van der Waals surface area (Å²) in [4.78, 5) is 14.8. The number of rotatable bonds is 6. The third-order valence-electron chi connectivity index (χ3n) is 3.40. The Balaban J connectivity index is 0.00000300. The van der Waals surface area contributed by atoms with Crippen LogP contribution in [-0.4, -0.2) is 33.4 Å². The van der Waals surface area contributed by atoms with E-state index in [0.717, 1.165) is 16.8 Å². The molecule has 0 spiro atoms. The fourth-order valence-electron chi connectivity index (χ4n) is 2.31. The smallest absolute Gasteiger partial charge is 0.543 e. The predicted molar refractivity (Wildman–Crippen MR) is 80.3 cm³/mol. The second-order valence-corrected chi connectivity index (χ2v) is 5.36. The van der Waals surface area contributed by atoms with Crippen molar-refractivity contribution in [2.24, 2.45) is 0 Å². The molecule has 0 aliphatic heterocycles. The van der Waals surface area contributed by atoms with Gasteiger partial charge in [-0.15, -0.1) is 0 Å². The van der Waals surface area contributed by atoms with E-state index in [0.29, 0.717) is 0 Å². The maximum atomic E-state index is 13.3. The number of hydrogen-bond acceptors (Lipinski definition) is 6.